The fraction of sp³-hybridized carbons (Fsp3) is 0.714. The first-order chi connectivity index (χ1) is 4.93. The van der Waals surface area contributed by atoms with Crippen molar-refractivity contribution in [2.75, 3.05) is 7.05 Å². The van der Waals surface area contributed by atoms with E-state index in [1.165, 1.54) is 4.90 Å². The Kier molecular flexibility index (Phi) is 1.62. The van der Waals surface area contributed by atoms with Crippen LogP contribution in [0.4, 0.5) is 4.79 Å². The Morgan fingerprint density at radius 1 is 1.45 bits per heavy atom. The molecule has 1 fully saturated rings. The van der Waals surface area contributed by atoms with E-state index >= 15 is 0 Å². The summed E-state index contributed by atoms with van der Waals surface area (Å²) >= 11 is 0. The number of carbonyl (C=O) groups is 2. The Bertz CT molecular complexity index is 210. The molecule has 1 aliphatic heterocycles. The van der Waals surface area contributed by atoms with E-state index in [4.69, 9.17) is 0 Å². The third-order valence-corrected chi connectivity index (χ3v) is 2.05. The minimum Gasteiger partial charge on any atom is -0.322 e. The highest BCUT2D eigenvalue weighted by atomic mass is 16.2. The van der Waals surface area contributed by atoms with Gasteiger partial charge in [0.1, 0.15) is 0 Å². The monoisotopic (exact) mass is 156 g/mol. The summed E-state index contributed by atoms with van der Waals surface area (Å²) in [7, 11) is 1.68. The molecule has 4 nitrogen and oxygen atoms in total. The Morgan fingerprint density at radius 2 is 2.00 bits per heavy atom. The molecule has 4 heteroatoms. The molecule has 1 N–H and O–H groups in total. The lowest BCUT2D eigenvalue weighted by Crippen LogP contribution is -2.58. The van der Waals surface area contributed by atoms with Crippen LogP contribution >= 0.6 is 0 Å². The number of nitrogens with zero attached hydrogens (tertiary/aromatic N) is 1. The van der Waals surface area contributed by atoms with Crippen molar-refractivity contribution in [3.05, 3.63) is 0 Å². The maximum absolute atomic E-state index is 11.0. The van der Waals surface area contributed by atoms with Crippen molar-refractivity contribution in [3.8, 4) is 0 Å². The maximum Gasteiger partial charge on any atom is 0.324 e. The van der Waals surface area contributed by atoms with E-state index in [0.29, 0.717) is 6.42 Å². The van der Waals surface area contributed by atoms with E-state index in [1.807, 2.05) is 13.8 Å². The molecule has 0 spiro atoms. The topological polar surface area (TPSA) is 49.4 Å². The van der Waals surface area contributed by atoms with Crippen LogP contribution in [0.2, 0.25) is 0 Å². The molecule has 62 valence electrons. The summed E-state index contributed by atoms with van der Waals surface area (Å²) in [6.07, 6.45) is 0.370. The summed E-state index contributed by atoms with van der Waals surface area (Å²) in [6, 6.07) is -0.314. The van der Waals surface area contributed by atoms with Crippen molar-refractivity contribution in [2.45, 2.75) is 25.8 Å². The highest BCUT2D eigenvalue weighted by Crippen LogP contribution is 2.19. The summed E-state index contributed by atoms with van der Waals surface area (Å²) in [5.41, 5.74) is -0.348. The first-order valence-corrected chi connectivity index (χ1v) is 3.51. The van der Waals surface area contributed by atoms with Crippen LogP contribution in [-0.2, 0) is 4.79 Å². The minimum absolute atomic E-state index is 0.196. The van der Waals surface area contributed by atoms with Crippen molar-refractivity contribution < 1.29 is 9.59 Å². The van der Waals surface area contributed by atoms with E-state index in [-0.39, 0.29) is 17.5 Å². The summed E-state index contributed by atoms with van der Waals surface area (Å²) in [5, 5.41) is 2.23. The quantitative estimate of drug-likeness (QED) is 0.549. The second kappa shape index (κ2) is 2.22. The largest absolute Gasteiger partial charge is 0.324 e. The third kappa shape index (κ3) is 1.34. The van der Waals surface area contributed by atoms with Crippen LogP contribution in [0, 0.1) is 0 Å². The SMILES string of the molecule is CN1C(=O)NC(=O)CC1(C)C. The Morgan fingerprint density at radius 3 is 2.45 bits per heavy atom. The van der Waals surface area contributed by atoms with Gasteiger partial charge in [-0.25, -0.2) is 4.79 Å². The van der Waals surface area contributed by atoms with Crippen LogP contribution < -0.4 is 5.32 Å². The number of carbonyl (C=O) groups excluding carboxylic acids is 2. The molecule has 1 aliphatic rings. The number of amides is 3. The number of hydrogen-bond donors (Lipinski definition) is 1. The van der Waals surface area contributed by atoms with Crippen LogP contribution in [0.1, 0.15) is 20.3 Å². The average molecular weight is 156 g/mol. The number of nitrogens with one attached hydrogen (secondary N) is 1. The highest BCUT2D eigenvalue weighted by molar-refractivity contribution is 5.97. The Hall–Kier alpha value is -1.06. The van der Waals surface area contributed by atoms with E-state index < -0.39 is 0 Å². The van der Waals surface area contributed by atoms with Crippen LogP contribution in [0.25, 0.3) is 0 Å². The van der Waals surface area contributed by atoms with E-state index in [2.05, 4.69) is 5.32 Å². The molecule has 1 rings (SSSR count). The molecule has 0 radical (unpaired) electrons. The summed E-state index contributed by atoms with van der Waals surface area (Å²) in [6.45, 7) is 3.73. The molecule has 0 bridgehead atoms. The van der Waals surface area contributed by atoms with Crippen molar-refractivity contribution in [1.82, 2.24) is 10.2 Å². The van der Waals surface area contributed by atoms with Gasteiger partial charge in [-0.15, -0.1) is 0 Å². The predicted molar refractivity (Wildman–Crippen MR) is 40.0 cm³/mol. The molecule has 3 amide bonds. The number of imide groups is 1. The van der Waals surface area contributed by atoms with Gasteiger partial charge < -0.3 is 4.90 Å². The van der Waals surface area contributed by atoms with Gasteiger partial charge in [0.25, 0.3) is 0 Å². The molecule has 1 heterocycles. The molecular formula is C7H12N2O2. The van der Waals surface area contributed by atoms with Crippen molar-refractivity contribution in [1.29, 1.82) is 0 Å². The standard InChI is InChI=1S/C7H12N2O2/c1-7(2)4-5(10)8-6(11)9(7)3/h4H2,1-3H3,(H,8,10,11). The maximum atomic E-state index is 11.0. The average Bonchev–Trinajstić information content (AvgIpc) is 1.81. The zero-order chi connectivity index (χ0) is 8.65. The first-order valence-electron chi connectivity index (χ1n) is 3.51. The predicted octanol–water partition coefficient (Wildman–Crippen LogP) is 0.337. The minimum atomic E-state index is -0.348. The second-order valence-corrected chi connectivity index (χ2v) is 3.40. The molecule has 11 heavy (non-hydrogen) atoms. The Balaban J connectivity index is 2.83. The smallest absolute Gasteiger partial charge is 0.322 e. The summed E-state index contributed by atoms with van der Waals surface area (Å²) in [5.74, 6) is -0.196. The van der Waals surface area contributed by atoms with E-state index in [9.17, 15) is 9.59 Å². The number of urea groups is 1. The molecule has 1 saturated heterocycles. The van der Waals surface area contributed by atoms with Gasteiger partial charge in [0.15, 0.2) is 0 Å². The zero-order valence-electron chi connectivity index (χ0n) is 6.97. The van der Waals surface area contributed by atoms with Gasteiger partial charge in [-0.3, -0.25) is 10.1 Å². The van der Waals surface area contributed by atoms with E-state index in [1.54, 1.807) is 7.05 Å². The zero-order valence-corrected chi connectivity index (χ0v) is 6.97. The second-order valence-electron chi connectivity index (χ2n) is 3.40. The molecule has 0 atom stereocenters. The van der Waals surface area contributed by atoms with Gasteiger partial charge in [0, 0.05) is 19.0 Å². The van der Waals surface area contributed by atoms with Crippen molar-refractivity contribution >= 4 is 11.9 Å². The molecule has 0 saturated carbocycles. The lowest BCUT2D eigenvalue weighted by molar-refractivity contribution is -0.124. The molecule has 0 aromatic carbocycles. The normalized spacial score (nSPS) is 23.4. The van der Waals surface area contributed by atoms with Gasteiger partial charge >= 0.3 is 6.03 Å². The summed E-state index contributed by atoms with van der Waals surface area (Å²) < 4.78 is 0. The molecule has 0 aliphatic carbocycles. The third-order valence-electron chi connectivity index (χ3n) is 2.05. The lowest BCUT2D eigenvalue weighted by Gasteiger charge is -2.38. The van der Waals surface area contributed by atoms with Gasteiger partial charge in [-0.1, -0.05) is 0 Å². The first kappa shape index (κ1) is 8.04. The van der Waals surface area contributed by atoms with Crippen molar-refractivity contribution in [2.24, 2.45) is 0 Å². The molecule has 0 aromatic heterocycles. The fourth-order valence-corrected chi connectivity index (χ4v) is 1.03. The van der Waals surface area contributed by atoms with Gasteiger partial charge in [-0.2, -0.15) is 0 Å². The van der Waals surface area contributed by atoms with Crippen LogP contribution in [0.5, 0.6) is 0 Å². The van der Waals surface area contributed by atoms with Gasteiger partial charge in [0.2, 0.25) is 5.91 Å². The van der Waals surface area contributed by atoms with Crippen molar-refractivity contribution in [3.63, 3.8) is 0 Å². The van der Waals surface area contributed by atoms with Gasteiger partial charge in [0.05, 0.1) is 0 Å². The van der Waals surface area contributed by atoms with E-state index in [0.717, 1.165) is 0 Å². The summed E-state index contributed by atoms with van der Waals surface area (Å²) in [4.78, 5) is 23.4. The molecule has 0 unspecified atom stereocenters. The van der Waals surface area contributed by atoms with Crippen LogP contribution in [0.15, 0.2) is 0 Å². The molecule has 0 aromatic rings. The lowest BCUT2D eigenvalue weighted by atomic mass is 9.97. The van der Waals surface area contributed by atoms with Crippen LogP contribution in [0.3, 0.4) is 0 Å². The fourth-order valence-electron chi connectivity index (χ4n) is 1.03. The number of rotatable bonds is 0. The Labute approximate surface area is 65.6 Å². The van der Waals surface area contributed by atoms with Crippen LogP contribution in [-0.4, -0.2) is 29.4 Å². The number of hydrogen-bond acceptors (Lipinski definition) is 2. The van der Waals surface area contributed by atoms with Gasteiger partial charge in [-0.05, 0) is 13.8 Å². The highest BCUT2D eigenvalue weighted by Gasteiger charge is 2.35. The molecular weight excluding hydrogens is 144 g/mol.